The summed E-state index contributed by atoms with van der Waals surface area (Å²) < 4.78 is 5.54. The zero-order chi connectivity index (χ0) is 20.6. The smallest absolute Gasteiger partial charge is 0.318 e. The van der Waals surface area contributed by atoms with Gasteiger partial charge < -0.3 is 10.1 Å². The van der Waals surface area contributed by atoms with E-state index in [2.05, 4.69) is 5.32 Å². The Balaban J connectivity index is 1.25. The topological polar surface area (TPSA) is 55.4 Å². The minimum Gasteiger partial charge on any atom is -0.455 e. The van der Waals surface area contributed by atoms with E-state index in [1.165, 1.54) is 19.3 Å². The van der Waals surface area contributed by atoms with Crippen molar-refractivity contribution >= 4 is 11.9 Å². The van der Waals surface area contributed by atoms with Gasteiger partial charge in [0.15, 0.2) is 6.61 Å². The highest BCUT2D eigenvalue weighted by Gasteiger charge is 2.51. The van der Waals surface area contributed by atoms with Crippen molar-refractivity contribution in [2.75, 3.05) is 6.61 Å². The number of nitrogens with one attached hydrogen (secondary N) is 1. The molecule has 4 nitrogen and oxygen atoms in total. The van der Waals surface area contributed by atoms with Crippen molar-refractivity contribution in [3.05, 3.63) is 71.8 Å². The molecule has 4 aliphatic carbocycles. The van der Waals surface area contributed by atoms with E-state index in [-0.39, 0.29) is 24.0 Å². The van der Waals surface area contributed by atoms with Crippen LogP contribution in [0.15, 0.2) is 60.7 Å². The molecule has 4 saturated carbocycles. The molecule has 30 heavy (non-hydrogen) atoms. The molecule has 4 bridgehead atoms. The molecule has 2 aromatic carbocycles. The molecule has 1 N–H and O–H groups in total. The average Bonchev–Trinajstić information content (AvgIpc) is 2.73. The monoisotopic (exact) mass is 403 g/mol. The fourth-order valence-corrected chi connectivity index (χ4v) is 6.57. The summed E-state index contributed by atoms with van der Waals surface area (Å²) in [6.07, 6.45) is 7.28. The van der Waals surface area contributed by atoms with Gasteiger partial charge in [-0.05, 0) is 67.4 Å². The quantitative estimate of drug-likeness (QED) is 0.725. The van der Waals surface area contributed by atoms with Crippen LogP contribution in [0.5, 0.6) is 0 Å². The number of rotatable bonds is 6. The molecule has 4 aliphatic rings. The molecule has 0 aliphatic heterocycles. The van der Waals surface area contributed by atoms with E-state index < -0.39 is 5.92 Å². The first-order valence-electron chi connectivity index (χ1n) is 11.2. The lowest BCUT2D eigenvalue weighted by Crippen LogP contribution is -2.60. The van der Waals surface area contributed by atoms with Crippen LogP contribution in [0.3, 0.4) is 0 Å². The Morgan fingerprint density at radius 3 is 1.77 bits per heavy atom. The van der Waals surface area contributed by atoms with Crippen LogP contribution in [0.1, 0.15) is 55.6 Å². The minimum absolute atomic E-state index is 0.0590. The van der Waals surface area contributed by atoms with Crippen LogP contribution < -0.4 is 5.32 Å². The molecule has 0 aromatic heterocycles. The third kappa shape index (κ3) is 3.88. The lowest BCUT2D eigenvalue weighted by atomic mass is 9.53. The maximum Gasteiger partial charge on any atom is 0.318 e. The van der Waals surface area contributed by atoms with Gasteiger partial charge in [-0.15, -0.1) is 0 Å². The first kappa shape index (κ1) is 19.3. The SMILES string of the molecule is O=C(COC(=O)C(c1ccccc1)c1ccccc1)NC12CC3CC(CC(C3)C1)C2. The number of ether oxygens (including phenoxy) is 1. The third-order valence-electron chi connectivity index (χ3n) is 7.29. The van der Waals surface area contributed by atoms with Gasteiger partial charge in [-0.2, -0.15) is 0 Å². The summed E-state index contributed by atoms with van der Waals surface area (Å²) in [6.45, 7) is -0.212. The van der Waals surface area contributed by atoms with E-state index in [0.29, 0.717) is 0 Å². The largest absolute Gasteiger partial charge is 0.455 e. The van der Waals surface area contributed by atoms with Crippen LogP contribution in [0, 0.1) is 17.8 Å². The number of hydrogen-bond acceptors (Lipinski definition) is 3. The maximum atomic E-state index is 13.0. The summed E-state index contributed by atoms with van der Waals surface area (Å²) in [7, 11) is 0. The van der Waals surface area contributed by atoms with E-state index in [1.54, 1.807) is 0 Å². The van der Waals surface area contributed by atoms with Crippen molar-refractivity contribution in [2.24, 2.45) is 17.8 Å². The molecule has 0 saturated heterocycles. The molecule has 0 unspecified atom stereocenters. The number of esters is 1. The molecule has 4 heteroatoms. The lowest BCUT2D eigenvalue weighted by molar-refractivity contribution is -0.150. The Hall–Kier alpha value is -2.62. The molecule has 4 fully saturated rings. The van der Waals surface area contributed by atoms with Crippen LogP contribution in [0.25, 0.3) is 0 Å². The highest BCUT2D eigenvalue weighted by Crippen LogP contribution is 2.55. The summed E-state index contributed by atoms with van der Waals surface area (Å²) in [5.74, 6) is 1.22. The Kier molecular flexibility index (Phi) is 5.10. The van der Waals surface area contributed by atoms with E-state index in [9.17, 15) is 9.59 Å². The predicted molar refractivity (Wildman–Crippen MR) is 115 cm³/mol. The predicted octanol–water partition coefficient (Wildman–Crippen LogP) is 4.45. The number of amides is 1. The Bertz CT molecular complexity index is 834. The van der Waals surface area contributed by atoms with Gasteiger partial charge in [0.25, 0.3) is 5.91 Å². The molecular formula is C26H29NO3. The second-order valence-corrected chi connectivity index (χ2v) is 9.61. The zero-order valence-corrected chi connectivity index (χ0v) is 17.3. The van der Waals surface area contributed by atoms with E-state index in [1.807, 2.05) is 60.7 Å². The molecular weight excluding hydrogens is 374 g/mol. The molecule has 0 radical (unpaired) electrons. The second-order valence-electron chi connectivity index (χ2n) is 9.61. The number of hydrogen-bond donors (Lipinski definition) is 1. The van der Waals surface area contributed by atoms with Gasteiger partial charge in [0.1, 0.15) is 5.92 Å². The third-order valence-corrected chi connectivity index (χ3v) is 7.29. The maximum absolute atomic E-state index is 13.0. The van der Waals surface area contributed by atoms with Crippen LogP contribution in [-0.2, 0) is 14.3 Å². The van der Waals surface area contributed by atoms with E-state index in [4.69, 9.17) is 4.74 Å². The van der Waals surface area contributed by atoms with Crippen LogP contribution >= 0.6 is 0 Å². The van der Waals surface area contributed by atoms with Crippen LogP contribution in [0.2, 0.25) is 0 Å². The average molecular weight is 404 g/mol. The van der Waals surface area contributed by atoms with Crippen molar-refractivity contribution in [3.8, 4) is 0 Å². The Morgan fingerprint density at radius 1 is 0.833 bits per heavy atom. The highest BCUT2D eigenvalue weighted by atomic mass is 16.5. The van der Waals surface area contributed by atoms with E-state index in [0.717, 1.165) is 48.1 Å². The zero-order valence-electron chi connectivity index (χ0n) is 17.3. The van der Waals surface area contributed by atoms with Crippen LogP contribution in [-0.4, -0.2) is 24.0 Å². The molecule has 0 atom stereocenters. The van der Waals surface area contributed by atoms with Gasteiger partial charge in [0.05, 0.1) is 0 Å². The normalized spacial score (nSPS) is 29.0. The number of carbonyl (C=O) groups is 2. The Morgan fingerprint density at radius 2 is 1.30 bits per heavy atom. The van der Waals surface area contributed by atoms with Gasteiger partial charge in [0, 0.05) is 5.54 Å². The lowest BCUT2D eigenvalue weighted by Gasteiger charge is -2.56. The fraction of sp³-hybridized carbons (Fsp3) is 0.462. The summed E-state index contributed by atoms with van der Waals surface area (Å²) >= 11 is 0. The molecule has 1 amide bonds. The number of benzene rings is 2. The van der Waals surface area contributed by atoms with E-state index >= 15 is 0 Å². The molecule has 6 rings (SSSR count). The minimum atomic E-state index is -0.528. The first-order chi connectivity index (χ1) is 14.6. The highest BCUT2D eigenvalue weighted by molar-refractivity contribution is 5.86. The van der Waals surface area contributed by atoms with Crippen molar-refractivity contribution in [1.29, 1.82) is 0 Å². The van der Waals surface area contributed by atoms with Crippen molar-refractivity contribution in [3.63, 3.8) is 0 Å². The molecule has 0 spiro atoms. The summed E-state index contributed by atoms with van der Waals surface area (Å²) in [5, 5.41) is 3.28. The van der Waals surface area contributed by atoms with Gasteiger partial charge >= 0.3 is 5.97 Å². The fourth-order valence-electron chi connectivity index (χ4n) is 6.57. The molecule has 156 valence electrons. The van der Waals surface area contributed by atoms with Crippen molar-refractivity contribution < 1.29 is 14.3 Å². The van der Waals surface area contributed by atoms with Gasteiger partial charge in [-0.3, -0.25) is 9.59 Å². The van der Waals surface area contributed by atoms with Crippen molar-refractivity contribution in [1.82, 2.24) is 5.32 Å². The first-order valence-corrected chi connectivity index (χ1v) is 11.2. The summed E-state index contributed by atoms with van der Waals surface area (Å²) in [5.41, 5.74) is 1.68. The second kappa shape index (κ2) is 7.90. The van der Waals surface area contributed by atoms with Gasteiger partial charge in [-0.25, -0.2) is 0 Å². The summed E-state index contributed by atoms with van der Waals surface area (Å²) in [6, 6.07) is 19.2. The summed E-state index contributed by atoms with van der Waals surface area (Å²) in [4.78, 5) is 25.7. The molecule has 2 aromatic rings. The van der Waals surface area contributed by atoms with Crippen molar-refractivity contribution in [2.45, 2.75) is 50.0 Å². The van der Waals surface area contributed by atoms with Gasteiger partial charge in [-0.1, -0.05) is 60.7 Å². The van der Waals surface area contributed by atoms with Crippen LogP contribution in [0.4, 0.5) is 0 Å². The Labute approximate surface area is 178 Å². The number of carbonyl (C=O) groups excluding carboxylic acids is 2. The molecule has 0 heterocycles. The standard InChI is InChI=1S/C26H29NO3/c28-23(27-26-14-18-11-19(15-26)13-20(12-18)16-26)17-30-25(29)24(21-7-3-1-4-8-21)22-9-5-2-6-10-22/h1-10,18-20,24H,11-17H2,(H,27,28). The van der Waals surface area contributed by atoms with Gasteiger partial charge in [0.2, 0.25) is 0 Å².